The van der Waals surface area contributed by atoms with E-state index in [9.17, 15) is 0 Å². The summed E-state index contributed by atoms with van der Waals surface area (Å²) in [5, 5.41) is 8.65. The molecule has 4 rings (SSSR count). The average Bonchev–Trinajstić information content (AvgIpc) is 3.37. The smallest absolute Gasteiger partial charge is 0.229 e. The highest BCUT2D eigenvalue weighted by molar-refractivity contribution is 6.76. The lowest BCUT2D eigenvalue weighted by atomic mass is 10.1. The van der Waals surface area contributed by atoms with Crippen molar-refractivity contribution in [1.29, 1.82) is 0 Å². The Hall–Kier alpha value is -2.97. The van der Waals surface area contributed by atoms with Gasteiger partial charge in [-0.25, -0.2) is 4.98 Å². The van der Waals surface area contributed by atoms with Crippen LogP contribution in [0.25, 0.3) is 22.3 Å². The van der Waals surface area contributed by atoms with Crippen LogP contribution in [0.15, 0.2) is 55.0 Å². The zero-order valence-corrected chi connectivity index (χ0v) is 19.7. The van der Waals surface area contributed by atoms with Crippen LogP contribution in [0.3, 0.4) is 0 Å². The quantitative estimate of drug-likeness (QED) is 0.283. The second-order valence-electron chi connectivity index (χ2n) is 8.84. The molecule has 0 fully saturated rings. The van der Waals surface area contributed by atoms with Crippen molar-refractivity contribution in [3.8, 4) is 11.3 Å². The van der Waals surface area contributed by atoms with Crippen LogP contribution < -0.4 is 5.32 Å². The fourth-order valence-corrected chi connectivity index (χ4v) is 4.07. The van der Waals surface area contributed by atoms with Crippen molar-refractivity contribution in [2.24, 2.45) is 0 Å². The highest BCUT2D eigenvalue weighted by atomic mass is 28.3. The topological polar surface area (TPSA) is 69.8 Å². The third-order valence-electron chi connectivity index (χ3n) is 5.11. The number of nitrogens with one attached hydrogen (secondary N) is 1. The van der Waals surface area contributed by atoms with Crippen LogP contribution in [-0.2, 0) is 18.0 Å². The Morgan fingerprint density at radius 2 is 1.87 bits per heavy atom. The Morgan fingerprint density at radius 1 is 1.06 bits per heavy atom. The van der Waals surface area contributed by atoms with E-state index in [-0.39, 0.29) is 0 Å². The summed E-state index contributed by atoms with van der Waals surface area (Å²) in [7, 11) is -1.12. The molecule has 8 heteroatoms. The van der Waals surface area contributed by atoms with Crippen LogP contribution in [0, 0.1) is 0 Å². The van der Waals surface area contributed by atoms with E-state index >= 15 is 0 Å². The number of fused-ring (bicyclic) bond motifs is 1. The van der Waals surface area contributed by atoms with Crippen LogP contribution in [-0.4, -0.2) is 39.0 Å². The molecule has 3 heterocycles. The third kappa shape index (κ3) is 5.21. The maximum absolute atomic E-state index is 5.99. The Kier molecular flexibility index (Phi) is 6.19. The molecule has 0 amide bonds. The van der Waals surface area contributed by atoms with Gasteiger partial charge < -0.3 is 14.6 Å². The zero-order valence-electron chi connectivity index (χ0n) is 18.7. The Balaban J connectivity index is 1.67. The second-order valence-corrected chi connectivity index (χ2v) is 14.5. The maximum atomic E-state index is 5.99. The predicted molar refractivity (Wildman–Crippen MR) is 128 cm³/mol. The molecule has 0 aliphatic carbocycles. The van der Waals surface area contributed by atoms with Crippen molar-refractivity contribution in [2.75, 3.05) is 11.9 Å². The molecule has 0 radical (unpaired) electrons. The standard InChI is InChI=1S/C23H30N6OSi/c1-5-29-16-19(15-24-29)25-23-26-21(18-9-7-6-8-10-18)20-11-12-28(22(20)27-23)17-30-13-14-31(2,3)4/h6-12,15-16H,5,13-14,17H2,1-4H3,(H,25,26,27). The molecule has 1 N–H and O–H groups in total. The van der Waals surface area contributed by atoms with E-state index in [0.29, 0.717) is 12.7 Å². The van der Waals surface area contributed by atoms with Gasteiger partial charge in [0.1, 0.15) is 12.4 Å². The van der Waals surface area contributed by atoms with Gasteiger partial charge >= 0.3 is 0 Å². The van der Waals surface area contributed by atoms with E-state index in [1.807, 2.05) is 39.8 Å². The van der Waals surface area contributed by atoms with E-state index < -0.39 is 8.07 Å². The molecule has 31 heavy (non-hydrogen) atoms. The predicted octanol–water partition coefficient (Wildman–Crippen LogP) is 5.37. The molecule has 0 saturated heterocycles. The lowest BCUT2D eigenvalue weighted by Gasteiger charge is -2.16. The van der Waals surface area contributed by atoms with Crippen LogP contribution in [0.4, 0.5) is 11.6 Å². The molecule has 0 spiro atoms. The van der Waals surface area contributed by atoms with Gasteiger partial charge in [0, 0.05) is 44.6 Å². The van der Waals surface area contributed by atoms with Crippen LogP contribution in [0.5, 0.6) is 0 Å². The van der Waals surface area contributed by atoms with E-state index in [1.165, 1.54) is 0 Å². The largest absolute Gasteiger partial charge is 0.361 e. The average molecular weight is 435 g/mol. The summed E-state index contributed by atoms with van der Waals surface area (Å²) in [4.78, 5) is 9.65. The third-order valence-corrected chi connectivity index (χ3v) is 6.81. The van der Waals surface area contributed by atoms with Crippen molar-refractivity contribution < 1.29 is 4.74 Å². The van der Waals surface area contributed by atoms with Crippen LogP contribution in [0.1, 0.15) is 6.92 Å². The number of benzene rings is 1. The number of aromatic nitrogens is 5. The normalized spacial score (nSPS) is 11.9. The highest BCUT2D eigenvalue weighted by Crippen LogP contribution is 2.29. The van der Waals surface area contributed by atoms with Gasteiger partial charge in [-0.15, -0.1) is 0 Å². The minimum absolute atomic E-state index is 0.479. The van der Waals surface area contributed by atoms with Crippen molar-refractivity contribution in [2.45, 2.75) is 45.9 Å². The number of ether oxygens (including phenoxy) is 1. The van der Waals surface area contributed by atoms with E-state index in [4.69, 9.17) is 14.7 Å². The van der Waals surface area contributed by atoms with Crippen molar-refractivity contribution in [1.82, 2.24) is 24.3 Å². The molecule has 162 valence electrons. The Bertz CT molecular complexity index is 1150. The van der Waals surface area contributed by atoms with E-state index in [0.717, 1.165) is 47.2 Å². The number of hydrogen-bond acceptors (Lipinski definition) is 5. The SMILES string of the molecule is CCn1cc(Nc2nc(-c3ccccc3)c3ccn(COCC[Si](C)(C)C)c3n2)cn1. The van der Waals surface area contributed by atoms with E-state index in [1.54, 1.807) is 6.20 Å². The zero-order chi connectivity index (χ0) is 21.8. The van der Waals surface area contributed by atoms with Gasteiger partial charge in [-0.1, -0.05) is 50.0 Å². The van der Waals surface area contributed by atoms with Gasteiger partial charge in [0.15, 0.2) is 0 Å². The van der Waals surface area contributed by atoms with Gasteiger partial charge in [0.05, 0.1) is 17.6 Å². The lowest BCUT2D eigenvalue weighted by molar-refractivity contribution is 0.0899. The molecule has 0 aliphatic heterocycles. The van der Waals surface area contributed by atoms with Crippen molar-refractivity contribution >= 4 is 30.7 Å². The monoisotopic (exact) mass is 434 g/mol. The molecule has 0 unspecified atom stereocenters. The van der Waals surface area contributed by atoms with Gasteiger partial charge in [-0.2, -0.15) is 10.1 Å². The summed E-state index contributed by atoms with van der Waals surface area (Å²) >= 11 is 0. The van der Waals surface area contributed by atoms with Crippen LogP contribution >= 0.6 is 0 Å². The highest BCUT2D eigenvalue weighted by Gasteiger charge is 2.15. The first-order valence-electron chi connectivity index (χ1n) is 10.7. The van der Waals surface area contributed by atoms with Crippen molar-refractivity contribution in [3.05, 3.63) is 55.0 Å². The molecule has 0 atom stereocenters. The molecule has 0 aliphatic rings. The summed E-state index contributed by atoms with van der Waals surface area (Å²) in [6.45, 7) is 11.2. The summed E-state index contributed by atoms with van der Waals surface area (Å²) in [5.74, 6) is 0.545. The fraction of sp³-hybridized carbons (Fsp3) is 0.348. The molecular weight excluding hydrogens is 404 g/mol. The molecule has 1 aromatic carbocycles. The molecule has 4 aromatic rings. The van der Waals surface area contributed by atoms with Gasteiger partial charge in [0.2, 0.25) is 5.95 Å². The number of anilines is 2. The summed E-state index contributed by atoms with van der Waals surface area (Å²) in [6, 6.07) is 13.4. The molecule has 0 bridgehead atoms. The molecular formula is C23H30N6OSi. The first-order chi connectivity index (χ1) is 14.9. The first-order valence-corrected chi connectivity index (χ1v) is 14.4. The first kappa shape index (κ1) is 21.3. The van der Waals surface area contributed by atoms with E-state index in [2.05, 4.69) is 55.2 Å². The van der Waals surface area contributed by atoms with Crippen LogP contribution in [0.2, 0.25) is 25.7 Å². The maximum Gasteiger partial charge on any atom is 0.229 e. The Labute approximate surface area is 184 Å². The number of hydrogen-bond donors (Lipinski definition) is 1. The molecule has 0 saturated carbocycles. The fourth-order valence-electron chi connectivity index (χ4n) is 3.31. The molecule has 3 aromatic heterocycles. The number of nitrogens with zero attached hydrogens (tertiary/aromatic N) is 5. The summed E-state index contributed by atoms with van der Waals surface area (Å²) in [6.07, 6.45) is 5.77. The lowest BCUT2D eigenvalue weighted by Crippen LogP contribution is -2.22. The van der Waals surface area contributed by atoms with Gasteiger partial charge in [-0.3, -0.25) is 4.68 Å². The second kappa shape index (κ2) is 9.03. The minimum atomic E-state index is -1.12. The van der Waals surface area contributed by atoms with Crippen molar-refractivity contribution in [3.63, 3.8) is 0 Å². The van der Waals surface area contributed by atoms with Gasteiger partial charge in [0.25, 0.3) is 0 Å². The minimum Gasteiger partial charge on any atom is -0.361 e. The summed E-state index contributed by atoms with van der Waals surface area (Å²) < 4.78 is 9.91. The number of aryl methyl sites for hydroxylation is 1. The van der Waals surface area contributed by atoms with Gasteiger partial charge in [-0.05, 0) is 19.0 Å². The molecule has 7 nitrogen and oxygen atoms in total. The summed E-state index contributed by atoms with van der Waals surface area (Å²) in [5.41, 5.74) is 3.67. The Morgan fingerprint density at radius 3 is 2.58 bits per heavy atom. The number of rotatable bonds is 9.